The third-order valence-corrected chi connectivity index (χ3v) is 2.61. The SMILES string of the molecule is C=C(C)CCC(=O)/C=C(\C)CC/C=C(\C)I. The van der Waals surface area contributed by atoms with Crippen LogP contribution in [-0.2, 0) is 4.79 Å². The Kier molecular flexibility index (Phi) is 8.53. The van der Waals surface area contributed by atoms with Gasteiger partial charge in [-0.05, 0) is 72.3 Å². The van der Waals surface area contributed by atoms with Gasteiger partial charge in [-0.2, -0.15) is 0 Å². The Bertz CT molecular complexity index is 307. The van der Waals surface area contributed by atoms with Crippen molar-refractivity contribution in [3.05, 3.63) is 33.5 Å². The number of allylic oxidation sites excluding steroid dienone is 5. The number of hydrogen-bond acceptors (Lipinski definition) is 1. The van der Waals surface area contributed by atoms with Gasteiger partial charge in [0.1, 0.15) is 0 Å². The molecule has 1 nitrogen and oxygen atoms in total. The molecule has 0 N–H and O–H groups in total. The fourth-order valence-electron chi connectivity index (χ4n) is 1.25. The maximum absolute atomic E-state index is 11.5. The minimum absolute atomic E-state index is 0.218. The second-order valence-corrected chi connectivity index (χ2v) is 5.95. The van der Waals surface area contributed by atoms with Gasteiger partial charge >= 0.3 is 0 Å². The first-order valence-corrected chi connectivity index (χ1v) is 6.66. The molecule has 16 heavy (non-hydrogen) atoms. The van der Waals surface area contributed by atoms with Gasteiger partial charge in [0, 0.05) is 6.42 Å². The van der Waals surface area contributed by atoms with Gasteiger partial charge in [-0.15, -0.1) is 6.58 Å². The van der Waals surface area contributed by atoms with Crippen molar-refractivity contribution < 1.29 is 4.79 Å². The molecule has 0 saturated carbocycles. The van der Waals surface area contributed by atoms with E-state index in [1.165, 1.54) is 9.15 Å². The minimum Gasteiger partial charge on any atom is -0.295 e. The largest absolute Gasteiger partial charge is 0.295 e. The normalized spacial score (nSPS) is 12.8. The predicted octanol–water partition coefficient (Wildman–Crippen LogP) is 4.98. The summed E-state index contributed by atoms with van der Waals surface area (Å²) in [6, 6.07) is 0. The van der Waals surface area contributed by atoms with Crippen LogP contribution in [0.3, 0.4) is 0 Å². The summed E-state index contributed by atoms with van der Waals surface area (Å²) in [6.45, 7) is 9.85. The van der Waals surface area contributed by atoms with E-state index < -0.39 is 0 Å². The average molecular weight is 332 g/mol. The number of rotatable bonds is 7. The monoisotopic (exact) mass is 332 g/mol. The van der Waals surface area contributed by atoms with E-state index in [0.717, 1.165) is 24.8 Å². The molecule has 0 aromatic heterocycles. The van der Waals surface area contributed by atoms with Gasteiger partial charge < -0.3 is 0 Å². The highest BCUT2D eigenvalue weighted by Crippen LogP contribution is 2.11. The fraction of sp³-hybridized carbons (Fsp3) is 0.500. The first-order chi connectivity index (χ1) is 7.41. The highest BCUT2D eigenvalue weighted by atomic mass is 127. The summed E-state index contributed by atoms with van der Waals surface area (Å²) in [5, 5.41) is 0. The molecule has 0 bridgehead atoms. The Balaban J connectivity index is 3.97. The molecule has 0 aromatic carbocycles. The molecule has 90 valence electrons. The summed E-state index contributed by atoms with van der Waals surface area (Å²) >= 11 is 2.30. The van der Waals surface area contributed by atoms with Crippen LogP contribution in [0.4, 0.5) is 0 Å². The zero-order valence-corrected chi connectivity index (χ0v) is 12.6. The van der Waals surface area contributed by atoms with Crippen LogP contribution in [0.1, 0.15) is 46.5 Å². The van der Waals surface area contributed by atoms with E-state index in [0.29, 0.717) is 6.42 Å². The van der Waals surface area contributed by atoms with Crippen molar-refractivity contribution >= 4 is 28.4 Å². The Morgan fingerprint density at radius 3 is 2.31 bits per heavy atom. The molecule has 0 radical (unpaired) electrons. The lowest BCUT2D eigenvalue weighted by atomic mass is 10.1. The standard InChI is InChI=1S/C14H21IO/c1-11(2)8-9-14(16)10-12(3)6-5-7-13(4)15/h7,10H,1,5-6,8-9H2,2-4H3/b12-10+,13-7+. The molecule has 0 aliphatic rings. The smallest absolute Gasteiger partial charge is 0.155 e. The molecule has 0 fully saturated rings. The fourth-order valence-corrected chi connectivity index (χ4v) is 1.57. The molecule has 0 rings (SSSR count). The molecule has 0 aliphatic carbocycles. The van der Waals surface area contributed by atoms with Crippen LogP contribution >= 0.6 is 22.6 Å². The molecule has 0 atom stereocenters. The van der Waals surface area contributed by atoms with Crippen molar-refractivity contribution in [3.63, 3.8) is 0 Å². The lowest BCUT2D eigenvalue weighted by Crippen LogP contribution is -1.94. The molecule has 2 heteroatoms. The number of carbonyl (C=O) groups excluding carboxylic acids is 1. The van der Waals surface area contributed by atoms with Gasteiger partial charge in [0.25, 0.3) is 0 Å². The lowest BCUT2D eigenvalue weighted by molar-refractivity contribution is -0.114. The zero-order chi connectivity index (χ0) is 12.6. The van der Waals surface area contributed by atoms with Crippen LogP contribution in [0.15, 0.2) is 33.5 Å². The molecule has 0 heterocycles. The van der Waals surface area contributed by atoms with Gasteiger partial charge in [-0.3, -0.25) is 4.79 Å². The summed E-state index contributed by atoms with van der Waals surface area (Å²) in [7, 11) is 0. The van der Waals surface area contributed by atoms with Crippen molar-refractivity contribution in [2.24, 2.45) is 0 Å². The van der Waals surface area contributed by atoms with Crippen LogP contribution in [0.5, 0.6) is 0 Å². The molecule has 0 aromatic rings. The van der Waals surface area contributed by atoms with Crippen LogP contribution in [-0.4, -0.2) is 5.78 Å². The summed E-state index contributed by atoms with van der Waals surface area (Å²) in [5.41, 5.74) is 2.24. The highest BCUT2D eigenvalue weighted by molar-refractivity contribution is 14.1. The Morgan fingerprint density at radius 2 is 1.81 bits per heavy atom. The molecule has 0 amide bonds. The second-order valence-electron chi connectivity index (χ2n) is 4.24. The topological polar surface area (TPSA) is 17.1 Å². The Morgan fingerprint density at radius 1 is 1.19 bits per heavy atom. The second kappa shape index (κ2) is 8.74. The Labute approximate surface area is 113 Å². The molecular weight excluding hydrogens is 311 g/mol. The first-order valence-electron chi connectivity index (χ1n) is 5.58. The van der Waals surface area contributed by atoms with Gasteiger partial charge in [0.2, 0.25) is 0 Å². The number of ketones is 1. The van der Waals surface area contributed by atoms with E-state index in [1.54, 1.807) is 6.08 Å². The molecule has 0 saturated heterocycles. The van der Waals surface area contributed by atoms with E-state index in [9.17, 15) is 4.79 Å². The van der Waals surface area contributed by atoms with Gasteiger partial charge in [0.05, 0.1) is 0 Å². The summed E-state index contributed by atoms with van der Waals surface area (Å²) in [5.74, 6) is 0.218. The average Bonchev–Trinajstić information content (AvgIpc) is 2.14. The van der Waals surface area contributed by atoms with E-state index >= 15 is 0 Å². The van der Waals surface area contributed by atoms with E-state index in [4.69, 9.17) is 0 Å². The van der Waals surface area contributed by atoms with Crippen LogP contribution < -0.4 is 0 Å². The third kappa shape index (κ3) is 10.1. The summed E-state index contributed by atoms with van der Waals surface area (Å²) in [4.78, 5) is 11.5. The van der Waals surface area contributed by atoms with Gasteiger partial charge in [-0.25, -0.2) is 0 Å². The number of halogens is 1. The number of carbonyl (C=O) groups is 1. The van der Waals surface area contributed by atoms with Crippen molar-refractivity contribution in [1.82, 2.24) is 0 Å². The quantitative estimate of drug-likeness (QED) is 0.365. The van der Waals surface area contributed by atoms with Crippen molar-refractivity contribution in [2.45, 2.75) is 46.5 Å². The van der Waals surface area contributed by atoms with Gasteiger partial charge in [0.15, 0.2) is 5.78 Å². The van der Waals surface area contributed by atoms with Crippen LogP contribution in [0.25, 0.3) is 0 Å². The van der Waals surface area contributed by atoms with Crippen LogP contribution in [0, 0.1) is 0 Å². The van der Waals surface area contributed by atoms with Crippen molar-refractivity contribution in [2.75, 3.05) is 0 Å². The van der Waals surface area contributed by atoms with Crippen molar-refractivity contribution in [1.29, 1.82) is 0 Å². The maximum Gasteiger partial charge on any atom is 0.155 e. The Hall–Kier alpha value is -0.380. The molecule has 0 aliphatic heterocycles. The highest BCUT2D eigenvalue weighted by Gasteiger charge is 1.99. The van der Waals surface area contributed by atoms with E-state index in [2.05, 4.69) is 42.2 Å². The van der Waals surface area contributed by atoms with E-state index in [1.807, 2.05) is 13.8 Å². The third-order valence-electron chi connectivity index (χ3n) is 2.17. The molecule has 0 spiro atoms. The van der Waals surface area contributed by atoms with E-state index in [-0.39, 0.29) is 5.78 Å². The lowest BCUT2D eigenvalue weighted by Gasteiger charge is -1.99. The minimum atomic E-state index is 0.218. The van der Waals surface area contributed by atoms with Crippen LogP contribution in [0.2, 0.25) is 0 Å². The summed E-state index contributed by atoms with van der Waals surface area (Å²) < 4.78 is 1.30. The number of hydrogen-bond donors (Lipinski definition) is 0. The molecular formula is C14H21IO. The van der Waals surface area contributed by atoms with Gasteiger partial charge in [-0.1, -0.05) is 17.2 Å². The summed E-state index contributed by atoms with van der Waals surface area (Å²) in [6.07, 6.45) is 7.35. The van der Waals surface area contributed by atoms with Crippen molar-refractivity contribution in [3.8, 4) is 0 Å². The zero-order valence-electron chi connectivity index (χ0n) is 10.5. The predicted molar refractivity (Wildman–Crippen MR) is 79.8 cm³/mol. The maximum atomic E-state index is 11.5. The molecule has 0 unspecified atom stereocenters. The first kappa shape index (κ1) is 15.6.